The van der Waals surface area contributed by atoms with Gasteiger partial charge in [-0.3, -0.25) is 4.79 Å². The van der Waals surface area contributed by atoms with Crippen LogP contribution in [0.3, 0.4) is 0 Å². The predicted octanol–water partition coefficient (Wildman–Crippen LogP) is 2.05. The molecule has 0 spiro atoms. The van der Waals surface area contributed by atoms with Gasteiger partial charge in [0, 0.05) is 25.2 Å². The van der Waals surface area contributed by atoms with Crippen LogP contribution in [0.4, 0.5) is 16.2 Å². The number of aliphatic hydroxyl groups is 1. The van der Waals surface area contributed by atoms with Gasteiger partial charge in [-0.15, -0.1) is 0 Å². The SMILES string of the molecule is Cc1noc(C)c1NC(=O)Nc1ccc2c(c1)C(=O)N([C@H](C)CO)C[C@@H](C)[C@H](CN(C)S(C)(=O)=O)O2. The second kappa shape index (κ2) is 10.8. The summed E-state index contributed by atoms with van der Waals surface area (Å²) in [6, 6.07) is 3.60. The summed E-state index contributed by atoms with van der Waals surface area (Å²) >= 11 is 0. The molecule has 1 aliphatic heterocycles. The highest BCUT2D eigenvalue weighted by Gasteiger charge is 2.34. The second-order valence-corrected chi connectivity index (χ2v) is 11.2. The maximum atomic E-state index is 13.5. The molecule has 3 rings (SSSR count). The predicted molar refractivity (Wildman–Crippen MR) is 134 cm³/mol. The molecule has 0 saturated carbocycles. The Morgan fingerprint density at radius 3 is 2.61 bits per heavy atom. The van der Waals surface area contributed by atoms with Crippen molar-refractivity contribution in [3.8, 4) is 5.75 Å². The Hall–Kier alpha value is -3.16. The average Bonchev–Trinajstić information content (AvgIpc) is 3.12. The molecule has 1 aliphatic rings. The molecule has 2 heterocycles. The summed E-state index contributed by atoms with van der Waals surface area (Å²) < 4.78 is 36.4. The lowest BCUT2D eigenvalue weighted by atomic mass is 9.99. The van der Waals surface area contributed by atoms with Gasteiger partial charge in [-0.2, -0.15) is 0 Å². The topological polar surface area (TPSA) is 154 Å². The number of ether oxygens (including phenoxy) is 1. The summed E-state index contributed by atoms with van der Waals surface area (Å²) in [7, 11) is -1.98. The molecule has 0 aliphatic carbocycles. The van der Waals surface area contributed by atoms with Crippen molar-refractivity contribution in [2.75, 3.05) is 43.6 Å². The lowest BCUT2D eigenvalue weighted by Gasteiger charge is -2.38. The van der Waals surface area contributed by atoms with Gasteiger partial charge in [0.25, 0.3) is 5.91 Å². The van der Waals surface area contributed by atoms with Crippen LogP contribution in [-0.4, -0.2) is 85.0 Å². The second-order valence-electron chi connectivity index (χ2n) is 9.16. The Labute approximate surface area is 210 Å². The summed E-state index contributed by atoms with van der Waals surface area (Å²) in [5.74, 6) is 0.101. The number of nitrogens with zero attached hydrogens (tertiary/aromatic N) is 3. The van der Waals surface area contributed by atoms with Crippen LogP contribution in [0.15, 0.2) is 22.7 Å². The molecule has 2 aromatic rings. The standard InChI is InChI=1S/C23H33N5O7S/c1-13-10-28(14(2)12-29)22(30)18-9-17(24-23(31)25-21-15(3)26-35-16(21)4)7-8-19(18)34-20(13)11-27(5)36(6,32)33/h7-9,13-14,20,29H,10-12H2,1-6H3,(H2,24,25,31)/t13-,14-,20+/m1/s1. The van der Waals surface area contributed by atoms with Gasteiger partial charge < -0.3 is 29.9 Å². The van der Waals surface area contributed by atoms with Crippen LogP contribution in [-0.2, 0) is 10.0 Å². The highest BCUT2D eigenvalue weighted by molar-refractivity contribution is 7.88. The van der Waals surface area contributed by atoms with Crippen LogP contribution in [0, 0.1) is 19.8 Å². The fourth-order valence-corrected chi connectivity index (χ4v) is 4.26. The molecular weight excluding hydrogens is 490 g/mol. The number of likely N-dealkylation sites (N-methyl/N-ethyl adjacent to an activating group) is 1. The first-order valence-electron chi connectivity index (χ1n) is 11.5. The number of benzene rings is 1. The van der Waals surface area contributed by atoms with Crippen LogP contribution >= 0.6 is 0 Å². The highest BCUT2D eigenvalue weighted by Crippen LogP contribution is 2.31. The van der Waals surface area contributed by atoms with E-state index in [1.165, 1.54) is 22.3 Å². The first-order valence-corrected chi connectivity index (χ1v) is 13.3. The Morgan fingerprint density at radius 1 is 1.33 bits per heavy atom. The van der Waals surface area contributed by atoms with Crippen LogP contribution in [0.5, 0.6) is 5.75 Å². The van der Waals surface area contributed by atoms with Crippen molar-refractivity contribution in [3.63, 3.8) is 0 Å². The number of nitrogens with one attached hydrogen (secondary N) is 2. The molecule has 3 atom stereocenters. The monoisotopic (exact) mass is 523 g/mol. The van der Waals surface area contributed by atoms with Gasteiger partial charge in [-0.25, -0.2) is 17.5 Å². The van der Waals surface area contributed by atoms with Crippen molar-refractivity contribution < 1.29 is 32.4 Å². The third-order valence-electron chi connectivity index (χ3n) is 6.20. The zero-order valence-corrected chi connectivity index (χ0v) is 22.0. The van der Waals surface area contributed by atoms with Crippen molar-refractivity contribution >= 4 is 33.3 Å². The minimum absolute atomic E-state index is 0.0782. The third kappa shape index (κ3) is 6.15. The van der Waals surface area contributed by atoms with E-state index >= 15 is 0 Å². The number of amides is 3. The molecule has 12 nitrogen and oxygen atoms in total. The van der Waals surface area contributed by atoms with Gasteiger partial charge in [0.2, 0.25) is 10.0 Å². The minimum atomic E-state index is -3.45. The van der Waals surface area contributed by atoms with E-state index in [1.54, 1.807) is 32.9 Å². The normalized spacial score (nSPS) is 19.2. The molecule has 3 amide bonds. The number of fused-ring (bicyclic) bond motifs is 1. The maximum absolute atomic E-state index is 13.5. The molecule has 3 N–H and O–H groups in total. The number of aryl methyl sites for hydroxylation is 2. The summed E-state index contributed by atoms with van der Waals surface area (Å²) in [5, 5.41) is 18.9. The number of carbonyl (C=O) groups excluding carboxylic acids is 2. The number of hydrogen-bond acceptors (Lipinski definition) is 8. The Kier molecular flexibility index (Phi) is 8.26. The number of hydrogen-bond donors (Lipinski definition) is 3. The molecule has 36 heavy (non-hydrogen) atoms. The van der Waals surface area contributed by atoms with Crippen molar-refractivity contribution in [2.45, 2.75) is 39.8 Å². The Morgan fingerprint density at radius 2 is 2.03 bits per heavy atom. The van der Waals surface area contributed by atoms with E-state index in [1.807, 2.05) is 6.92 Å². The minimum Gasteiger partial charge on any atom is -0.488 e. The molecule has 0 saturated heterocycles. The Balaban J connectivity index is 1.92. The number of sulfonamides is 1. The van der Waals surface area contributed by atoms with Crippen LogP contribution in [0.1, 0.15) is 35.7 Å². The van der Waals surface area contributed by atoms with Crippen LogP contribution in [0.25, 0.3) is 0 Å². The zero-order valence-electron chi connectivity index (χ0n) is 21.2. The molecule has 198 valence electrons. The van der Waals surface area contributed by atoms with Gasteiger partial charge in [0.05, 0.1) is 31.0 Å². The maximum Gasteiger partial charge on any atom is 0.323 e. The average molecular weight is 524 g/mol. The summed E-state index contributed by atoms with van der Waals surface area (Å²) in [6.45, 7) is 7.03. The third-order valence-corrected chi connectivity index (χ3v) is 7.48. The van der Waals surface area contributed by atoms with Crippen molar-refractivity contribution in [3.05, 3.63) is 35.2 Å². The van der Waals surface area contributed by atoms with E-state index in [4.69, 9.17) is 9.26 Å². The Bertz CT molecular complexity index is 1210. The van der Waals surface area contributed by atoms with Crippen molar-refractivity contribution in [1.29, 1.82) is 0 Å². The van der Waals surface area contributed by atoms with Gasteiger partial charge in [-0.1, -0.05) is 12.1 Å². The van der Waals surface area contributed by atoms with E-state index in [0.717, 1.165) is 6.26 Å². The van der Waals surface area contributed by atoms with Gasteiger partial charge in [0.15, 0.2) is 5.76 Å². The lowest BCUT2D eigenvalue weighted by Crippen LogP contribution is -2.50. The van der Waals surface area contributed by atoms with E-state index < -0.39 is 28.2 Å². The van der Waals surface area contributed by atoms with E-state index in [-0.39, 0.29) is 42.8 Å². The molecule has 1 aromatic heterocycles. The summed E-state index contributed by atoms with van der Waals surface area (Å²) in [6.07, 6.45) is 0.552. The van der Waals surface area contributed by atoms with E-state index in [2.05, 4.69) is 15.8 Å². The van der Waals surface area contributed by atoms with Crippen LogP contribution < -0.4 is 15.4 Å². The molecule has 13 heteroatoms. The van der Waals surface area contributed by atoms with Crippen molar-refractivity contribution in [1.82, 2.24) is 14.4 Å². The molecule has 0 fully saturated rings. The molecule has 0 bridgehead atoms. The number of aliphatic hydroxyl groups excluding tert-OH is 1. The number of carbonyl (C=O) groups is 2. The quantitative estimate of drug-likeness (QED) is 0.498. The molecule has 0 unspecified atom stereocenters. The summed E-state index contributed by atoms with van der Waals surface area (Å²) in [4.78, 5) is 27.6. The van der Waals surface area contributed by atoms with Gasteiger partial charge in [0.1, 0.15) is 23.2 Å². The number of anilines is 2. The molecule has 0 radical (unpaired) electrons. The highest BCUT2D eigenvalue weighted by atomic mass is 32.2. The smallest absolute Gasteiger partial charge is 0.323 e. The van der Waals surface area contributed by atoms with E-state index in [0.29, 0.717) is 22.8 Å². The number of aromatic nitrogens is 1. The van der Waals surface area contributed by atoms with Gasteiger partial charge >= 0.3 is 6.03 Å². The fraction of sp³-hybridized carbons (Fsp3) is 0.522. The van der Waals surface area contributed by atoms with Crippen molar-refractivity contribution in [2.24, 2.45) is 5.92 Å². The largest absolute Gasteiger partial charge is 0.488 e. The number of rotatable bonds is 7. The van der Waals surface area contributed by atoms with Crippen LogP contribution in [0.2, 0.25) is 0 Å². The zero-order chi connectivity index (χ0) is 26.8. The number of urea groups is 1. The molecule has 1 aromatic carbocycles. The first kappa shape index (κ1) is 27.4. The first-order chi connectivity index (χ1) is 16.8. The van der Waals surface area contributed by atoms with E-state index in [9.17, 15) is 23.1 Å². The molecular formula is C23H33N5O7S. The fourth-order valence-electron chi connectivity index (χ4n) is 3.84. The van der Waals surface area contributed by atoms with Gasteiger partial charge in [-0.05, 0) is 39.0 Å². The lowest BCUT2D eigenvalue weighted by molar-refractivity contribution is 0.0387. The summed E-state index contributed by atoms with van der Waals surface area (Å²) in [5.41, 5.74) is 1.50.